The molecule has 0 unspecified atom stereocenters. The normalized spacial score (nSPS) is 14.4. The first-order chi connectivity index (χ1) is 16.8. The van der Waals surface area contributed by atoms with Crippen LogP contribution in [0.4, 0.5) is 10.1 Å². The van der Waals surface area contributed by atoms with Gasteiger partial charge < -0.3 is 4.90 Å². The number of nitriles is 1. The Labute approximate surface area is 204 Å². The number of hydrogen-bond donors (Lipinski definition) is 1. The third-order valence-corrected chi connectivity index (χ3v) is 7.38. The van der Waals surface area contributed by atoms with Crippen molar-refractivity contribution in [3.8, 4) is 6.07 Å². The van der Waals surface area contributed by atoms with E-state index in [1.807, 2.05) is 12.1 Å². The van der Waals surface area contributed by atoms with Crippen LogP contribution in [0.3, 0.4) is 0 Å². The molecule has 1 amide bonds. The van der Waals surface area contributed by atoms with Crippen LogP contribution >= 0.6 is 0 Å². The summed E-state index contributed by atoms with van der Waals surface area (Å²) in [5.41, 5.74) is 2.54. The van der Waals surface area contributed by atoms with Crippen LogP contribution in [-0.2, 0) is 16.6 Å². The number of sulfonamides is 1. The summed E-state index contributed by atoms with van der Waals surface area (Å²) in [6.45, 7) is 4.87. The van der Waals surface area contributed by atoms with Crippen LogP contribution < -0.4 is 4.72 Å². The average Bonchev–Trinajstić information content (AvgIpc) is 2.86. The van der Waals surface area contributed by atoms with Gasteiger partial charge in [-0.2, -0.15) is 5.26 Å². The number of amides is 1. The van der Waals surface area contributed by atoms with Crippen LogP contribution in [0.5, 0.6) is 0 Å². The number of rotatable bonds is 6. The van der Waals surface area contributed by atoms with Crippen molar-refractivity contribution in [2.75, 3.05) is 30.9 Å². The zero-order chi connectivity index (χ0) is 25.0. The predicted molar refractivity (Wildman–Crippen MR) is 131 cm³/mol. The van der Waals surface area contributed by atoms with Crippen LogP contribution in [0.1, 0.15) is 27.0 Å². The first-order valence-electron chi connectivity index (χ1n) is 11.2. The summed E-state index contributed by atoms with van der Waals surface area (Å²) in [7, 11) is -4.08. The summed E-state index contributed by atoms with van der Waals surface area (Å²) in [4.78, 5) is 17.1. The van der Waals surface area contributed by atoms with Crippen molar-refractivity contribution in [2.45, 2.75) is 18.4 Å². The minimum absolute atomic E-state index is 0.103. The van der Waals surface area contributed by atoms with Gasteiger partial charge in [0, 0.05) is 38.3 Å². The van der Waals surface area contributed by atoms with Crippen LogP contribution in [0.2, 0.25) is 0 Å². The minimum atomic E-state index is -4.08. The standard InChI is InChI=1S/C26H25FN4O3S/c1-19-6-11-22(35(33,34)29-25-5-3-2-4-24(25)27)16-23(19)26(32)31-14-12-30(13-15-31)18-21-9-7-20(17-28)8-10-21/h2-11,16,29H,12-15,18H2,1H3. The SMILES string of the molecule is Cc1ccc(S(=O)(=O)Nc2ccccc2F)cc1C(=O)N1CCN(Cc2ccc(C#N)cc2)CC1. The molecule has 180 valence electrons. The third-order valence-electron chi connectivity index (χ3n) is 6.02. The molecule has 0 radical (unpaired) electrons. The first kappa shape index (κ1) is 24.4. The molecule has 1 saturated heterocycles. The van der Waals surface area contributed by atoms with Gasteiger partial charge in [-0.05, 0) is 54.4 Å². The van der Waals surface area contributed by atoms with Crippen molar-refractivity contribution in [3.63, 3.8) is 0 Å². The monoisotopic (exact) mass is 492 g/mol. The van der Waals surface area contributed by atoms with Crippen molar-refractivity contribution >= 4 is 21.6 Å². The summed E-state index contributed by atoms with van der Waals surface area (Å²) in [6.07, 6.45) is 0. The number of carbonyl (C=O) groups excluding carboxylic acids is 1. The number of aryl methyl sites for hydroxylation is 1. The van der Waals surface area contributed by atoms with E-state index >= 15 is 0 Å². The summed E-state index contributed by atoms with van der Waals surface area (Å²) >= 11 is 0. The second-order valence-corrected chi connectivity index (χ2v) is 10.1. The molecule has 0 aromatic heterocycles. The number of benzene rings is 3. The number of hydrogen-bond acceptors (Lipinski definition) is 5. The van der Waals surface area contributed by atoms with Gasteiger partial charge in [0.15, 0.2) is 0 Å². The predicted octanol–water partition coefficient (Wildman–Crippen LogP) is 3.76. The van der Waals surface area contributed by atoms with Gasteiger partial charge in [-0.25, -0.2) is 12.8 Å². The molecule has 4 rings (SSSR count). The van der Waals surface area contributed by atoms with E-state index in [1.165, 1.54) is 36.4 Å². The van der Waals surface area contributed by atoms with Gasteiger partial charge in [0.05, 0.1) is 22.2 Å². The minimum Gasteiger partial charge on any atom is -0.336 e. The fourth-order valence-corrected chi connectivity index (χ4v) is 5.06. The zero-order valence-corrected chi connectivity index (χ0v) is 20.1. The lowest BCUT2D eigenvalue weighted by atomic mass is 10.1. The Hall–Kier alpha value is -3.74. The maximum Gasteiger partial charge on any atom is 0.262 e. The Kier molecular flexibility index (Phi) is 7.15. The van der Waals surface area contributed by atoms with E-state index in [0.29, 0.717) is 42.9 Å². The molecule has 9 heteroatoms. The molecular formula is C26H25FN4O3S. The maximum absolute atomic E-state index is 13.9. The largest absolute Gasteiger partial charge is 0.336 e. The van der Waals surface area contributed by atoms with E-state index in [2.05, 4.69) is 15.7 Å². The molecule has 7 nitrogen and oxygen atoms in total. The number of carbonyl (C=O) groups is 1. The van der Waals surface area contributed by atoms with Gasteiger partial charge in [-0.3, -0.25) is 14.4 Å². The number of anilines is 1. The molecule has 1 aliphatic rings. The highest BCUT2D eigenvalue weighted by Crippen LogP contribution is 2.22. The molecule has 1 heterocycles. The van der Waals surface area contributed by atoms with Gasteiger partial charge in [0.2, 0.25) is 0 Å². The molecule has 0 aliphatic carbocycles. The Balaban J connectivity index is 1.44. The zero-order valence-electron chi connectivity index (χ0n) is 19.2. The number of para-hydroxylation sites is 1. The molecular weight excluding hydrogens is 467 g/mol. The number of piperazine rings is 1. The fourth-order valence-electron chi connectivity index (χ4n) is 3.97. The lowest BCUT2D eigenvalue weighted by molar-refractivity contribution is 0.0627. The summed E-state index contributed by atoms with van der Waals surface area (Å²) in [5, 5.41) is 8.93. The average molecular weight is 493 g/mol. The molecule has 35 heavy (non-hydrogen) atoms. The van der Waals surface area contributed by atoms with Crippen molar-refractivity contribution in [1.29, 1.82) is 5.26 Å². The fraction of sp³-hybridized carbons (Fsp3) is 0.231. The Morgan fingerprint density at radius 3 is 2.37 bits per heavy atom. The number of nitrogens with zero attached hydrogens (tertiary/aromatic N) is 3. The van der Waals surface area contributed by atoms with Crippen molar-refractivity contribution in [1.82, 2.24) is 9.80 Å². The third kappa shape index (κ3) is 5.67. The van der Waals surface area contributed by atoms with E-state index in [4.69, 9.17) is 5.26 Å². The molecule has 1 fully saturated rings. The van der Waals surface area contributed by atoms with Crippen LogP contribution in [0.15, 0.2) is 71.6 Å². The van der Waals surface area contributed by atoms with E-state index < -0.39 is 15.8 Å². The summed E-state index contributed by atoms with van der Waals surface area (Å²) in [6, 6.07) is 19.4. The quantitative estimate of drug-likeness (QED) is 0.566. The molecule has 0 atom stereocenters. The van der Waals surface area contributed by atoms with E-state index in [9.17, 15) is 17.6 Å². The topological polar surface area (TPSA) is 93.5 Å². The second-order valence-electron chi connectivity index (χ2n) is 8.44. The van der Waals surface area contributed by atoms with Gasteiger partial charge in [0.1, 0.15) is 5.82 Å². The molecule has 3 aromatic carbocycles. The smallest absolute Gasteiger partial charge is 0.262 e. The Morgan fingerprint density at radius 1 is 1.03 bits per heavy atom. The highest BCUT2D eigenvalue weighted by atomic mass is 32.2. The summed E-state index contributed by atoms with van der Waals surface area (Å²) in [5.74, 6) is -0.915. The number of nitrogens with one attached hydrogen (secondary N) is 1. The van der Waals surface area contributed by atoms with Crippen molar-refractivity contribution < 1.29 is 17.6 Å². The molecule has 1 aliphatic heterocycles. The Morgan fingerprint density at radius 2 is 1.71 bits per heavy atom. The van der Waals surface area contributed by atoms with Gasteiger partial charge >= 0.3 is 0 Å². The van der Waals surface area contributed by atoms with E-state index in [-0.39, 0.29) is 16.5 Å². The molecule has 3 aromatic rings. The second kappa shape index (κ2) is 10.3. The molecule has 0 saturated carbocycles. The van der Waals surface area contributed by atoms with Gasteiger partial charge in [-0.15, -0.1) is 0 Å². The molecule has 0 bridgehead atoms. The van der Waals surface area contributed by atoms with E-state index in [0.717, 1.165) is 12.1 Å². The Bertz CT molecular complexity index is 1380. The van der Waals surface area contributed by atoms with Gasteiger partial charge in [0.25, 0.3) is 15.9 Å². The van der Waals surface area contributed by atoms with Crippen molar-refractivity contribution in [2.24, 2.45) is 0 Å². The van der Waals surface area contributed by atoms with Crippen LogP contribution in [0, 0.1) is 24.1 Å². The van der Waals surface area contributed by atoms with Crippen molar-refractivity contribution in [3.05, 3.63) is 94.8 Å². The van der Waals surface area contributed by atoms with Crippen LogP contribution in [0.25, 0.3) is 0 Å². The highest BCUT2D eigenvalue weighted by molar-refractivity contribution is 7.92. The first-order valence-corrected chi connectivity index (χ1v) is 12.6. The maximum atomic E-state index is 13.9. The molecule has 0 spiro atoms. The van der Waals surface area contributed by atoms with E-state index in [1.54, 1.807) is 30.0 Å². The lowest BCUT2D eigenvalue weighted by Crippen LogP contribution is -2.48. The van der Waals surface area contributed by atoms with Crippen LogP contribution in [-0.4, -0.2) is 50.3 Å². The van der Waals surface area contributed by atoms with Gasteiger partial charge in [-0.1, -0.05) is 30.3 Å². The molecule has 1 N–H and O–H groups in total. The summed E-state index contributed by atoms with van der Waals surface area (Å²) < 4.78 is 41.9. The highest BCUT2D eigenvalue weighted by Gasteiger charge is 2.25. The number of halogens is 1. The lowest BCUT2D eigenvalue weighted by Gasteiger charge is -2.35.